The minimum atomic E-state index is -3.12. The first kappa shape index (κ1) is 14.1. The van der Waals surface area contributed by atoms with Crippen molar-refractivity contribution in [1.29, 1.82) is 0 Å². The Hall–Kier alpha value is -0.950. The van der Waals surface area contributed by atoms with E-state index in [1.807, 2.05) is 0 Å². The van der Waals surface area contributed by atoms with Gasteiger partial charge in [0.05, 0.1) is 5.75 Å². The van der Waals surface area contributed by atoms with Crippen LogP contribution in [0, 0.1) is 5.82 Å². The molecule has 7 heteroatoms. The number of hydrogen-bond acceptors (Lipinski definition) is 4. The van der Waals surface area contributed by atoms with Crippen LogP contribution in [0.3, 0.4) is 0 Å². The predicted octanol–water partition coefficient (Wildman–Crippen LogP) is 0.701. The van der Waals surface area contributed by atoms with Crippen LogP contribution in [-0.4, -0.2) is 30.4 Å². The topological polar surface area (TPSA) is 77.2 Å². The molecule has 96 valence electrons. The minimum absolute atomic E-state index is 0.0508. The lowest BCUT2D eigenvalue weighted by Crippen LogP contribution is -2.12. The number of nitrogen functional groups attached to an aromatic ring is 1. The average molecular weight is 279 g/mol. The summed E-state index contributed by atoms with van der Waals surface area (Å²) in [5.41, 5.74) is 6.22. The lowest BCUT2D eigenvalue weighted by molar-refractivity contribution is 0.602. The van der Waals surface area contributed by atoms with Crippen LogP contribution in [0.4, 0.5) is 10.1 Å². The molecule has 0 amide bonds. The molecule has 0 aromatic heterocycles. The largest absolute Gasteiger partial charge is 0.399 e. The van der Waals surface area contributed by atoms with Crippen LogP contribution in [-0.2, 0) is 26.4 Å². The molecule has 17 heavy (non-hydrogen) atoms. The summed E-state index contributed by atoms with van der Waals surface area (Å²) >= 11 is 0. The van der Waals surface area contributed by atoms with E-state index in [0.717, 1.165) is 6.26 Å². The number of halogens is 1. The standard InChI is InChI=1S/C10H14FNO3S2/c1-17(14,15)3-2-16(13)7-8-4-9(11)6-10(12)5-8/h4-6H,2-3,7,12H2,1H3. The fourth-order valence-electron chi connectivity index (χ4n) is 1.26. The molecule has 2 N–H and O–H groups in total. The molecular weight excluding hydrogens is 265 g/mol. The van der Waals surface area contributed by atoms with Gasteiger partial charge in [0.1, 0.15) is 15.7 Å². The Labute approximate surface area is 102 Å². The van der Waals surface area contributed by atoms with E-state index in [4.69, 9.17) is 5.73 Å². The van der Waals surface area contributed by atoms with Crippen LogP contribution in [0.15, 0.2) is 18.2 Å². The Kier molecular flexibility index (Phi) is 4.64. The predicted molar refractivity (Wildman–Crippen MR) is 67.2 cm³/mol. The summed E-state index contributed by atoms with van der Waals surface area (Å²) in [5.74, 6) is -0.461. The zero-order valence-electron chi connectivity index (χ0n) is 9.35. The smallest absolute Gasteiger partial charge is 0.148 e. The SMILES string of the molecule is CS(=O)(=O)CCS(=O)Cc1cc(N)cc(F)c1. The van der Waals surface area contributed by atoms with Crippen LogP contribution in [0.2, 0.25) is 0 Å². The molecule has 0 radical (unpaired) electrons. The number of anilines is 1. The van der Waals surface area contributed by atoms with E-state index in [1.165, 1.54) is 18.2 Å². The third kappa shape index (κ3) is 5.78. The Bertz CT molecular complexity index is 508. The Morgan fingerprint density at radius 2 is 2.00 bits per heavy atom. The third-order valence-corrected chi connectivity index (χ3v) is 4.51. The summed E-state index contributed by atoms with van der Waals surface area (Å²) < 4.78 is 46.3. The first-order valence-corrected chi connectivity index (χ1v) is 8.39. The Morgan fingerprint density at radius 1 is 1.35 bits per heavy atom. The summed E-state index contributed by atoms with van der Waals surface area (Å²) in [6.45, 7) is 0. The summed E-state index contributed by atoms with van der Waals surface area (Å²) in [6.07, 6.45) is 1.09. The second-order valence-electron chi connectivity index (χ2n) is 3.81. The maximum Gasteiger partial charge on any atom is 0.148 e. The highest BCUT2D eigenvalue weighted by atomic mass is 32.2. The van der Waals surface area contributed by atoms with E-state index < -0.39 is 26.5 Å². The van der Waals surface area contributed by atoms with Crippen molar-refractivity contribution < 1.29 is 17.0 Å². The highest BCUT2D eigenvalue weighted by molar-refractivity contribution is 7.92. The number of sulfone groups is 1. The van der Waals surface area contributed by atoms with Crippen molar-refractivity contribution in [3.05, 3.63) is 29.6 Å². The van der Waals surface area contributed by atoms with Gasteiger partial charge in [0.2, 0.25) is 0 Å². The van der Waals surface area contributed by atoms with Crippen molar-refractivity contribution in [3.63, 3.8) is 0 Å². The van der Waals surface area contributed by atoms with Crippen LogP contribution in [0.5, 0.6) is 0 Å². The first-order valence-electron chi connectivity index (χ1n) is 4.84. The van der Waals surface area contributed by atoms with Gasteiger partial charge in [0.15, 0.2) is 0 Å². The van der Waals surface area contributed by atoms with Crippen molar-refractivity contribution in [2.75, 3.05) is 23.5 Å². The second kappa shape index (κ2) is 5.59. The van der Waals surface area contributed by atoms with E-state index in [2.05, 4.69) is 0 Å². The molecule has 4 nitrogen and oxygen atoms in total. The third-order valence-electron chi connectivity index (χ3n) is 1.99. The fraction of sp³-hybridized carbons (Fsp3) is 0.400. The average Bonchev–Trinajstić information content (AvgIpc) is 2.11. The summed E-state index contributed by atoms with van der Waals surface area (Å²) in [7, 11) is -4.46. The molecule has 0 saturated heterocycles. The number of nitrogens with two attached hydrogens (primary N) is 1. The van der Waals surface area contributed by atoms with Gasteiger partial charge in [-0.15, -0.1) is 0 Å². The minimum Gasteiger partial charge on any atom is -0.399 e. The highest BCUT2D eigenvalue weighted by Gasteiger charge is 2.08. The number of benzene rings is 1. The molecule has 1 unspecified atom stereocenters. The van der Waals surface area contributed by atoms with Gasteiger partial charge in [-0.2, -0.15) is 0 Å². The molecule has 0 aliphatic carbocycles. The fourth-order valence-corrected chi connectivity index (χ4v) is 3.90. The van der Waals surface area contributed by atoms with Crippen LogP contribution in [0.25, 0.3) is 0 Å². The molecule has 0 fully saturated rings. The molecule has 0 bridgehead atoms. The quantitative estimate of drug-likeness (QED) is 0.805. The van der Waals surface area contributed by atoms with Crippen LogP contribution >= 0.6 is 0 Å². The van der Waals surface area contributed by atoms with Gasteiger partial charge < -0.3 is 5.73 Å². The van der Waals surface area contributed by atoms with Gasteiger partial charge >= 0.3 is 0 Å². The molecule has 1 aromatic carbocycles. The van der Waals surface area contributed by atoms with Gasteiger partial charge in [-0.05, 0) is 23.8 Å². The monoisotopic (exact) mass is 279 g/mol. The molecule has 1 rings (SSSR count). The van der Waals surface area contributed by atoms with Crippen molar-refractivity contribution in [3.8, 4) is 0 Å². The van der Waals surface area contributed by atoms with E-state index >= 15 is 0 Å². The highest BCUT2D eigenvalue weighted by Crippen LogP contribution is 2.12. The molecule has 1 atom stereocenters. The maximum atomic E-state index is 13.0. The van der Waals surface area contributed by atoms with Crippen molar-refractivity contribution in [2.45, 2.75) is 5.75 Å². The van der Waals surface area contributed by atoms with Crippen molar-refractivity contribution in [1.82, 2.24) is 0 Å². The van der Waals surface area contributed by atoms with Gasteiger partial charge in [-0.25, -0.2) is 12.8 Å². The molecule has 0 heterocycles. The van der Waals surface area contributed by atoms with E-state index in [1.54, 1.807) is 0 Å². The maximum absolute atomic E-state index is 13.0. The van der Waals surface area contributed by atoms with Gasteiger partial charge in [0.25, 0.3) is 0 Å². The lowest BCUT2D eigenvalue weighted by Gasteiger charge is -2.03. The Balaban J connectivity index is 2.62. The van der Waals surface area contributed by atoms with Crippen LogP contribution in [0.1, 0.15) is 5.56 Å². The lowest BCUT2D eigenvalue weighted by atomic mass is 10.2. The van der Waals surface area contributed by atoms with E-state index in [9.17, 15) is 17.0 Å². The Morgan fingerprint density at radius 3 is 2.53 bits per heavy atom. The molecule has 0 saturated carbocycles. The molecule has 0 spiro atoms. The van der Waals surface area contributed by atoms with Gasteiger partial charge in [-0.1, -0.05) is 0 Å². The molecular formula is C10H14FNO3S2. The zero-order chi connectivity index (χ0) is 13.1. The first-order chi connectivity index (χ1) is 7.76. The number of hydrogen-bond donors (Lipinski definition) is 1. The molecule has 0 aliphatic rings. The molecule has 1 aromatic rings. The molecule has 0 aliphatic heterocycles. The second-order valence-corrected chi connectivity index (χ2v) is 7.65. The summed E-state index contributed by atoms with van der Waals surface area (Å²) in [4.78, 5) is 0. The van der Waals surface area contributed by atoms with Crippen molar-refractivity contribution >= 4 is 26.3 Å². The van der Waals surface area contributed by atoms with Gasteiger partial charge in [0, 0.05) is 34.2 Å². The summed E-state index contributed by atoms with van der Waals surface area (Å²) in [6, 6.07) is 3.94. The normalized spacial score (nSPS) is 13.5. The summed E-state index contributed by atoms with van der Waals surface area (Å²) in [5, 5.41) is 0. The van der Waals surface area contributed by atoms with Crippen LogP contribution < -0.4 is 5.73 Å². The number of rotatable bonds is 5. The van der Waals surface area contributed by atoms with E-state index in [0.29, 0.717) is 5.56 Å². The van der Waals surface area contributed by atoms with Gasteiger partial charge in [-0.3, -0.25) is 4.21 Å². The zero-order valence-corrected chi connectivity index (χ0v) is 11.0. The van der Waals surface area contributed by atoms with E-state index in [-0.39, 0.29) is 22.9 Å². The van der Waals surface area contributed by atoms with Crippen molar-refractivity contribution in [2.24, 2.45) is 0 Å².